The second-order valence-electron chi connectivity index (χ2n) is 6.15. The van der Waals surface area contributed by atoms with Gasteiger partial charge in [-0.3, -0.25) is 9.59 Å². The first-order valence-electron chi connectivity index (χ1n) is 7.61. The van der Waals surface area contributed by atoms with Gasteiger partial charge in [0.25, 0.3) is 5.91 Å². The molecular formula is C15H21N3O3. The zero-order valence-corrected chi connectivity index (χ0v) is 12.5. The van der Waals surface area contributed by atoms with Crippen molar-refractivity contribution in [3.63, 3.8) is 0 Å². The number of rotatable bonds is 3. The number of carbonyl (C=O) groups is 2. The van der Waals surface area contributed by atoms with Gasteiger partial charge < -0.3 is 14.3 Å². The minimum atomic E-state index is -0.0974. The van der Waals surface area contributed by atoms with Crippen molar-refractivity contribution in [2.24, 2.45) is 0 Å². The lowest BCUT2D eigenvalue weighted by Gasteiger charge is -2.23. The van der Waals surface area contributed by atoms with Crippen LogP contribution in [0.25, 0.3) is 0 Å². The fourth-order valence-electron chi connectivity index (χ4n) is 3.06. The van der Waals surface area contributed by atoms with Crippen molar-refractivity contribution in [2.45, 2.75) is 45.1 Å². The van der Waals surface area contributed by atoms with E-state index < -0.39 is 0 Å². The van der Waals surface area contributed by atoms with E-state index in [1.165, 1.54) is 0 Å². The minimum Gasteiger partial charge on any atom is -0.360 e. The van der Waals surface area contributed by atoms with E-state index in [-0.39, 0.29) is 23.8 Å². The van der Waals surface area contributed by atoms with E-state index in [1.54, 1.807) is 11.0 Å². The third-order valence-corrected chi connectivity index (χ3v) is 4.32. The number of carbonyl (C=O) groups excluding carboxylic acids is 2. The lowest BCUT2D eigenvalue weighted by Crippen LogP contribution is -2.39. The molecule has 0 aliphatic carbocycles. The maximum atomic E-state index is 12.4. The van der Waals surface area contributed by atoms with Gasteiger partial charge in [0.15, 0.2) is 5.69 Å². The summed E-state index contributed by atoms with van der Waals surface area (Å²) in [6, 6.07) is 1.89. The Morgan fingerprint density at radius 1 is 1.43 bits per heavy atom. The monoisotopic (exact) mass is 291 g/mol. The summed E-state index contributed by atoms with van der Waals surface area (Å²) in [6.45, 7) is 6.11. The van der Waals surface area contributed by atoms with Crippen LogP contribution < -0.4 is 0 Å². The summed E-state index contributed by atoms with van der Waals surface area (Å²) < 4.78 is 5.19. The average Bonchev–Trinajstić information content (AvgIpc) is 3.17. The lowest BCUT2D eigenvalue weighted by molar-refractivity contribution is -0.129. The normalized spacial score (nSPS) is 22.6. The van der Waals surface area contributed by atoms with Gasteiger partial charge in [-0.15, -0.1) is 0 Å². The lowest BCUT2D eigenvalue weighted by atomic mass is 10.1. The molecule has 2 saturated heterocycles. The standard InChI is InChI=1S/C15H21N3O3/c1-10(2)13-8-12(16-21-13)15(20)17-7-5-11(9-17)18-6-3-4-14(18)19/h8,10-11H,3-7,9H2,1-2H3/t11-/m0/s1. The minimum absolute atomic E-state index is 0.0974. The maximum absolute atomic E-state index is 12.4. The van der Waals surface area contributed by atoms with Crippen molar-refractivity contribution in [3.8, 4) is 0 Å². The number of aromatic nitrogens is 1. The van der Waals surface area contributed by atoms with Crippen molar-refractivity contribution < 1.29 is 14.1 Å². The Morgan fingerprint density at radius 2 is 2.24 bits per heavy atom. The Labute approximate surface area is 124 Å². The Balaban J connectivity index is 1.65. The molecule has 0 saturated carbocycles. The van der Waals surface area contributed by atoms with Crippen molar-refractivity contribution in [3.05, 3.63) is 17.5 Å². The number of amides is 2. The highest BCUT2D eigenvalue weighted by Gasteiger charge is 2.35. The van der Waals surface area contributed by atoms with Gasteiger partial charge in [0.05, 0.1) is 6.04 Å². The summed E-state index contributed by atoms with van der Waals surface area (Å²) in [7, 11) is 0. The predicted octanol–water partition coefficient (Wildman–Crippen LogP) is 1.63. The van der Waals surface area contributed by atoms with Crippen molar-refractivity contribution in [1.82, 2.24) is 15.0 Å². The summed E-state index contributed by atoms with van der Waals surface area (Å²) >= 11 is 0. The molecule has 0 radical (unpaired) electrons. The maximum Gasteiger partial charge on any atom is 0.276 e. The van der Waals surface area contributed by atoms with Gasteiger partial charge in [0.2, 0.25) is 5.91 Å². The van der Waals surface area contributed by atoms with E-state index in [0.29, 0.717) is 25.2 Å². The van der Waals surface area contributed by atoms with Crippen LogP contribution in [-0.2, 0) is 4.79 Å². The first-order chi connectivity index (χ1) is 10.1. The first-order valence-corrected chi connectivity index (χ1v) is 7.61. The Hall–Kier alpha value is -1.85. The molecule has 114 valence electrons. The van der Waals surface area contributed by atoms with Crippen molar-refractivity contribution in [1.29, 1.82) is 0 Å². The summed E-state index contributed by atoms with van der Waals surface area (Å²) in [5.41, 5.74) is 0.368. The zero-order chi connectivity index (χ0) is 15.0. The molecule has 21 heavy (non-hydrogen) atoms. The van der Waals surface area contributed by atoms with Crippen LogP contribution in [0.15, 0.2) is 10.6 Å². The number of likely N-dealkylation sites (tertiary alicyclic amines) is 2. The van der Waals surface area contributed by atoms with Crippen LogP contribution in [0.4, 0.5) is 0 Å². The van der Waals surface area contributed by atoms with Gasteiger partial charge >= 0.3 is 0 Å². The van der Waals surface area contributed by atoms with Gasteiger partial charge in [-0.2, -0.15) is 0 Å². The second kappa shape index (κ2) is 5.50. The molecule has 1 aromatic rings. The van der Waals surface area contributed by atoms with Crippen molar-refractivity contribution in [2.75, 3.05) is 19.6 Å². The van der Waals surface area contributed by atoms with Gasteiger partial charge in [-0.1, -0.05) is 19.0 Å². The molecular weight excluding hydrogens is 270 g/mol. The molecule has 2 fully saturated rings. The summed E-state index contributed by atoms with van der Waals surface area (Å²) in [4.78, 5) is 27.9. The molecule has 1 atom stereocenters. The van der Waals surface area contributed by atoms with Crippen LogP contribution in [0.5, 0.6) is 0 Å². The Kier molecular flexibility index (Phi) is 3.69. The quantitative estimate of drug-likeness (QED) is 0.849. The van der Waals surface area contributed by atoms with Crippen LogP contribution in [0, 0.1) is 0 Å². The smallest absolute Gasteiger partial charge is 0.276 e. The Morgan fingerprint density at radius 3 is 2.86 bits per heavy atom. The van der Waals surface area contributed by atoms with Crippen LogP contribution in [0.1, 0.15) is 55.3 Å². The molecule has 2 amide bonds. The van der Waals surface area contributed by atoms with E-state index in [9.17, 15) is 9.59 Å². The summed E-state index contributed by atoms with van der Waals surface area (Å²) in [6.07, 6.45) is 2.43. The van der Waals surface area contributed by atoms with Gasteiger partial charge in [0, 0.05) is 38.0 Å². The third kappa shape index (κ3) is 2.66. The van der Waals surface area contributed by atoms with E-state index in [1.807, 2.05) is 18.7 Å². The van der Waals surface area contributed by atoms with E-state index in [2.05, 4.69) is 5.16 Å². The van der Waals surface area contributed by atoms with Gasteiger partial charge in [-0.05, 0) is 12.8 Å². The van der Waals surface area contributed by atoms with E-state index in [4.69, 9.17) is 4.52 Å². The molecule has 0 spiro atoms. The third-order valence-electron chi connectivity index (χ3n) is 4.32. The molecule has 3 rings (SSSR count). The number of hydrogen-bond donors (Lipinski definition) is 0. The highest BCUT2D eigenvalue weighted by molar-refractivity contribution is 5.92. The van der Waals surface area contributed by atoms with Gasteiger partial charge in [0.1, 0.15) is 5.76 Å². The molecule has 0 unspecified atom stereocenters. The number of nitrogens with zero attached hydrogens (tertiary/aromatic N) is 3. The van der Waals surface area contributed by atoms with Gasteiger partial charge in [-0.25, -0.2) is 0 Å². The van der Waals surface area contributed by atoms with E-state index >= 15 is 0 Å². The fourth-order valence-corrected chi connectivity index (χ4v) is 3.06. The van der Waals surface area contributed by atoms with Crippen molar-refractivity contribution >= 4 is 11.8 Å². The predicted molar refractivity (Wildman–Crippen MR) is 75.8 cm³/mol. The molecule has 6 nitrogen and oxygen atoms in total. The molecule has 6 heteroatoms. The largest absolute Gasteiger partial charge is 0.360 e. The van der Waals surface area contributed by atoms with Crippen LogP contribution in [0.3, 0.4) is 0 Å². The SMILES string of the molecule is CC(C)c1cc(C(=O)N2CC[C@H](N3CCCC3=O)C2)no1. The Bertz CT molecular complexity index is 552. The summed E-state index contributed by atoms with van der Waals surface area (Å²) in [5.74, 6) is 1.06. The molecule has 2 aliphatic heterocycles. The molecule has 2 aliphatic rings. The zero-order valence-electron chi connectivity index (χ0n) is 12.5. The van der Waals surface area contributed by atoms with Crippen LogP contribution in [-0.4, -0.2) is 52.4 Å². The average molecular weight is 291 g/mol. The fraction of sp³-hybridized carbons (Fsp3) is 0.667. The molecule has 0 aromatic carbocycles. The van der Waals surface area contributed by atoms with Crippen LogP contribution in [0.2, 0.25) is 0 Å². The molecule has 0 bridgehead atoms. The first kappa shape index (κ1) is 14.1. The molecule has 1 aromatic heterocycles. The van der Waals surface area contributed by atoms with E-state index in [0.717, 1.165) is 25.1 Å². The second-order valence-corrected chi connectivity index (χ2v) is 6.15. The molecule has 0 N–H and O–H groups in total. The topological polar surface area (TPSA) is 66.7 Å². The number of hydrogen-bond acceptors (Lipinski definition) is 4. The highest BCUT2D eigenvalue weighted by atomic mass is 16.5. The highest BCUT2D eigenvalue weighted by Crippen LogP contribution is 2.23. The summed E-state index contributed by atoms with van der Waals surface area (Å²) in [5, 5.41) is 3.87. The van der Waals surface area contributed by atoms with Crippen LogP contribution >= 0.6 is 0 Å². The molecule has 3 heterocycles.